The minimum Gasteiger partial charge on any atom is -0.492 e. The molecule has 6 nitrogen and oxygen atoms in total. The van der Waals surface area contributed by atoms with Gasteiger partial charge in [0.2, 0.25) is 0 Å². The van der Waals surface area contributed by atoms with Gasteiger partial charge in [-0.05, 0) is 36.4 Å². The standard InChI is InChI=1S/C17H22ClN3O3S2/c1-19-17(21(2)12-14-6-9-16(18)25-14)20-10-11-24-13-4-7-15(8-5-13)26(3,22)23/h4-9H,10-12H2,1-3H3,(H,19,20). The molecule has 0 saturated heterocycles. The van der Waals surface area contributed by atoms with E-state index in [1.165, 1.54) is 18.4 Å². The smallest absolute Gasteiger partial charge is 0.193 e. The number of rotatable bonds is 7. The zero-order valence-corrected chi connectivity index (χ0v) is 17.3. The van der Waals surface area contributed by atoms with Gasteiger partial charge < -0.3 is 15.0 Å². The lowest BCUT2D eigenvalue weighted by Crippen LogP contribution is -2.40. The molecule has 0 spiro atoms. The number of aliphatic imine (C=N–C) groups is 1. The van der Waals surface area contributed by atoms with Crippen LogP contribution in [-0.2, 0) is 16.4 Å². The molecule has 0 amide bonds. The molecule has 2 rings (SSSR count). The molecule has 1 aromatic carbocycles. The van der Waals surface area contributed by atoms with Gasteiger partial charge in [-0.2, -0.15) is 0 Å². The van der Waals surface area contributed by atoms with Gasteiger partial charge in [-0.25, -0.2) is 8.42 Å². The van der Waals surface area contributed by atoms with Crippen LogP contribution < -0.4 is 10.1 Å². The summed E-state index contributed by atoms with van der Waals surface area (Å²) in [7, 11) is 0.489. The van der Waals surface area contributed by atoms with Gasteiger partial charge in [0.05, 0.1) is 22.3 Å². The molecule has 0 atom stereocenters. The third-order valence-electron chi connectivity index (χ3n) is 3.50. The van der Waals surface area contributed by atoms with Crippen molar-refractivity contribution < 1.29 is 13.2 Å². The Labute approximate surface area is 163 Å². The molecule has 9 heteroatoms. The highest BCUT2D eigenvalue weighted by molar-refractivity contribution is 7.90. The van der Waals surface area contributed by atoms with Crippen LogP contribution in [0.1, 0.15) is 4.88 Å². The molecule has 0 saturated carbocycles. The van der Waals surface area contributed by atoms with Gasteiger partial charge in [-0.15, -0.1) is 11.3 Å². The lowest BCUT2D eigenvalue weighted by molar-refractivity contribution is 0.319. The number of halogens is 1. The van der Waals surface area contributed by atoms with E-state index in [9.17, 15) is 8.42 Å². The first-order chi connectivity index (χ1) is 12.3. The maximum atomic E-state index is 11.4. The summed E-state index contributed by atoms with van der Waals surface area (Å²) in [6.07, 6.45) is 1.18. The van der Waals surface area contributed by atoms with E-state index < -0.39 is 9.84 Å². The number of benzene rings is 1. The van der Waals surface area contributed by atoms with E-state index in [0.717, 1.165) is 15.2 Å². The van der Waals surface area contributed by atoms with E-state index in [2.05, 4.69) is 10.3 Å². The van der Waals surface area contributed by atoms with Gasteiger partial charge in [-0.1, -0.05) is 11.6 Å². The topological polar surface area (TPSA) is 71.0 Å². The second-order valence-electron chi connectivity index (χ2n) is 5.63. The molecular weight excluding hydrogens is 394 g/mol. The van der Waals surface area contributed by atoms with Crippen molar-refractivity contribution in [1.29, 1.82) is 0 Å². The normalized spacial score (nSPS) is 12.1. The van der Waals surface area contributed by atoms with Gasteiger partial charge in [0, 0.05) is 25.2 Å². The zero-order chi connectivity index (χ0) is 19.2. The van der Waals surface area contributed by atoms with Crippen molar-refractivity contribution in [3.63, 3.8) is 0 Å². The molecule has 0 aliphatic heterocycles. The highest BCUT2D eigenvalue weighted by Crippen LogP contribution is 2.22. The number of guanidine groups is 1. The van der Waals surface area contributed by atoms with Crippen LogP contribution in [0.5, 0.6) is 5.75 Å². The van der Waals surface area contributed by atoms with Crippen molar-refractivity contribution in [3.8, 4) is 5.75 Å². The van der Waals surface area contributed by atoms with E-state index in [1.807, 2.05) is 24.1 Å². The maximum absolute atomic E-state index is 11.4. The van der Waals surface area contributed by atoms with Crippen molar-refractivity contribution in [2.45, 2.75) is 11.4 Å². The van der Waals surface area contributed by atoms with Crippen LogP contribution in [0, 0.1) is 0 Å². The van der Waals surface area contributed by atoms with Gasteiger partial charge in [0.15, 0.2) is 15.8 Å². The molecule has 1 heterocycles. The second kappa shape index (κ2) is 9.25. The minimum atomic E-state index is -3.19. The fourth-order valence-corrected chi connectivity index (χ4v) is 4.02. The number of hydrogen-bond donors (Lipinski definition) is 1. The summed E-state index contributed by atoms with van der Waals surface area (Å²) in [5.74, 6) is 1.38. The lowest BCUT2D eigenvalue weighted by atomic mass is 10.3. The Bertz CT molecular complexity index is 848. The Morgan fingerprint density at radius 2 is 1.96 bits per heavy atom. The van der Waals surface area contributed by atoms with Crippen LogP contribution >= 0.6 is 22.9 Å². The van der Waals surface area contributed by atoms with Crippen molar-refractivity contribution in [3.05, 3.63) is 45.6 Å². The summed E-state index contributed by atoms with van der Waals surface area (Å²) < 4.78 is 29.3. The molecule has 26 heavy (non-hydrogen) atoms. The Balaban J connectivity index is 1.78. The SMILES string of the molecule is CN=C(NCCOc1ccc(S(C)(=O)=O)cc1)N(C)Cc1ccc(Cl)s1. The molecule has 0 unspecified atom stereocenters. The number of ether oxygens (including phenoxy) is 1. The van der Waals surface area contributed by atoms with Crippen molar-refractivity contribution in [2.75, 3.05) is 33.5 Å². The van der Waals surface area contributed by atoms with E-state index in [1.54, 1.807) is 30.5 Å². The zero-order valence-electron chi connectivity index (χ0n) is 14.9. The minimum absolute atomic E-state index is 0.277. The summed E-state index contributed by atoms with van der Waals surface area (Å²) in [6.45, 7) is 1.71. The molecule has 1 aromatic heterocycles. The number of sulfone groups is 1. The average Bonchev–Trinajstić information content (AvgIpc) is 2.99. The lowest BCUT2D eigenvalue weighted by Gasteiger charge is -2.21. The summed E-state index contributed by atoms with van der Waals surface area (Å²) in [5, 5.41) is 3.23. The molecule has 0 aliphatic rings. The van der Waals surface area contributed by atoms with E-state index >= 15 is 0 Å². The molecule has 0 aliphatic carbocycles. The Morgan fingerprint density at radius 3 is 2.50 bits per heavy atom. The third kappa shape index (κ3) is 6.19. The predicted molar refractivity (Wildman–Crippen MR) is 107 cm³/mol. The molecule has 2 aromatic rings. The Morgan fingerprint density at radius 1 is 1.27 bits per heavy atom. The first-order valence-electron chi connectivity index (χ1n) is 7.88. The number of nitrogens with one attached hydrogen (secondary N) is 1. The van der Waals surface area contributed by atoms with Crippen molar-refractivity contribution in [1.82, 2.24) is 10.2 Å². The van der Waals surface area contributed by atoms with Crippen LogP contribution in [0.25, 0.3) is 0 Å². The van der Waals surface area contributed by atoms with Crippen molar-refractivity contribution >= 4 is 38.7 Å². The van der Waals surface area contributed by atoms with Crippen molar-refractivity contribution in [2.24, 2.45) is 4.99 Å². The van der Waals surface area contributed by atoms with Crippen LogP contribution in [0.4, 0.5) is 0 Å². The predicted octanol–water partition coefficient (Wildman–Crippen LogP) is 2.89. The second-order valence-corrected chi connectivity index (χ2v) is 9.44. The molecule has 0 bridgehead atoms. The largest absolute Gasteiger partial charge is 0.492 e. The fraction of sp³-hybridized carbons (Fsp3) is 0.353. The van der Waals surface area contributed by atoms with Gasteiger partial charge >= 0.3 is 0 Å². The third-order valence-corrected chi connectivity index (χ3v) is 5.85. The molecule has 0 fully saturated rings. The maximum Gasteiger partial charge on any atom is 0.193 e. The average molecular weight is 416 g/mol. The fourth-order valence-electron chi connectivity index (χ4n) is 2.24. The van der Waals surface area contributed by atoms with Gasteiger partial charge in [0.1, 0.15) is 12.4 Å². The van der Waals surface area contributed by atoms with E-state index in [0.29, 0.717) is 25.4 Å². The van der Waals surface area contributed by atoms with E-state index in [4.69, 9.17) is 16.3 Å². The Hall–Kier alpha value is -1.77. The van der Waals surface area contributed by atoms with Crippen LogP contribution in [-0.4, -0.2) is 52.8 Å². The first kappa shape index (κ1) is 20.5. The molecular formula is C17H22ClN3O3S2. The van der Waals surface area contributed by atoms with E-state index in [-0.39, 0.29) is 4.90 Å². The van der Waals surface area contributed by atoms with Crippen LogP contribution in [0.2, 0.25) is 4.34 Å². The summed E-state index contributed by atoms with van der Waals surface area (Å²) in [4.78, 5) is 7.69. The van der Waals surface area contributed by atoms with Crippen LogP contribution in [0.15, 0.2) is 46.3 Å². The summed E-state index contributed by atoms with van der Waals surface area (Å²) >= 11 is 7.50. The number of hydrogen-bond acceptors (Lipinski definition) is 5. The van der Waals surface area contributed by atoms with Crippen LogP contribution in [0.3, 0.4) is 0 Å². The number of nitrogens with zero attached hydrogens (tertiary/aromatic N) is 2. The van der Waals surface area contributed by atoms with Gasteiger partial charge in [0.25, 0.3) is 0 Å². The molecule has 0 radical (unpaired) electrons. The monoisotopic (exact) mass is 415 g/mol. The highest BCUT2D eigenvalue weighted by Gasteiger charge is 2.09. The van der Waals surface area contributed by atoms with Gasteiger partial charge in [-0.3, -0.25) is 4.99 Å². The Kier molecular flexibility index (Phi) is 7.31. The quantitative estimate of drug-likeness (QED) is 0.427. The number of thiophene rings is 1. The molecule has 1 N–H and O–H groups in total. The molecule has 142 valence electrons. The summed E-state index contributed by atoms with van der Waals surface area (Å²) in [6, 6.07) is 10.3. The summed E-state index contributed by atoms with van der Waals surface area (Å²) in [5.41, 5.74) is 0. The first-order valence-corrected chi connectivity index (χ1v) is 11.0. The highest BCUT2D eigenvalue weighted by atomic mass is 35.5.